The highest BCUT2D eigenvalue weighted by atomic mass is 127. The van der Waals surface area contributed by atoms with E-state index >= 15 is 0 Å². The van der Waals surface area contributed by atoms with Crippen LogP contribution in [0.1, 0.15) is 68.7 Å². The Balaban J connectivity index is 0.000000137. The van der Waals surface area contributed by atoms with Crippen molar-refractivity contribution in [3.63, 3.8) is 0 Å². The first-order chi connectivity index (χ1) is 25.3. The van der Waals surface area contributed by atoms with Crippen LogP contribution in [0.3, 0.4) is 0 Å². The van der Waals surface area contributed by atoms with E-state index in [0.29, 0.717) is 12.8 Å². The molecule has 0 fully saturated rings. The molecule has 53 heavy (non-hydrogen) atoms. The summed E-state index contributed by atoms with van der Waals surface area (Å²) in [7, 11) is 5.48. The van der Waals surface area contributed by atoms with E-state index in [2.05, 4.69) is 85.4 Å². The molecule has 0 aliphatic heterocycles. The Hall–Kier alpha value is -2.78. The third-order valence-corrected chi connectivity index (χ3v) is 11.7. The van der Waals surface area contributed by atoms with E-state index < -0.39 is 17.1 Å². The second kappa shape index (κ2) is 18.2. The Kier molecular flexibility index (Phi) is 14.2. The van der Waals surface area contributed by atoms with E-state index in [4.69, 9.17) is 11.5 Å². The molecule has 0 bridgehead atoms. The molecule has 0 saturated heterocycles. The van der Waals surface area contributed by atoms with Gasteiger partial charge in [0.1, 0.15) is 0 Å². The molecule has 8 atom stereocenters. The third-order valence-electron chi connectivity index (χ3n) is 10.3. The molecule has 0 radical (unpaired) electrons. The smallest absolute Gasteiger partial charge is 0.269 e. The highest BCUT2D eigenvalue weighted by Gasteiger charge is 2.32. The first-order valence-electron chi connectivity index (χ1n) is 17.5. The number of anilines is 1. The SMILES string of the molecule is CN[C@H]1c2cc(I)ccc2C[C@@H]1O.CN[C@H]1c2cc(N)ccc2C[C@@H]1O.CN[C@H]1c2cc([N+](=O)[O-])ccc2C[C@@H]1O.N[C@H]1c2cc(I)ccc2C[C@@H]1O. The molecule has 0 amide bonds. The largest absolute Gasteiger partial charge is 0.399 e. The maximum Gasteiger partial charge on any atom is 0.269 e. The molecule has 14 heteroatoms. The van der Waals surface area contributed by atoms with Gasteiger partial charge in [0.05, 0.1) is 53.5 Å². The number of aliphatic hydroxyl groups is 4. The quantitative estimate of drug-likeness (QED) is 0.0620. The number of nitrogens with two attached hydrogens (primary N) is 2. The monoisotopic (exact) mass is 950 g/mol. The molecule has 4 aromatic carbocycles. The number of likely N-dealkylation sites (N-methyl/N-ethyl adjacent to an activating group) is 3. The molecule has 284 valence electrons. The summed E-state index contributed by atoms with van der Waals surface area (Å²) in [6, 6.07) is 22.8. The summed E-state index contributed by atoms with van der Waals surface area (Å²) in [4.78, 5) is 10.2. The van der Waals surface area contributed by atoms with Gasteiger partial charge in [-0.1, -0.05) is 24.3 Å². The molecular weight excluding hydrogens is 902 g/mol. The number of nitro benzene ring substituents is 1. The van der Waals surface area contributed by atoms with E-state index in [1.165, 1.54) is 41.5 Å². The fraction of sp³-hybridized carbons (Fsp3) is 0.385. The van der Waals surface area contributed by atoms with E-state index in [1.807, 2.05) is 44.4 Å². The number of halogens is 2. The highest BCUT2D eigenvalue weighted by molar-refractivity contribution is 14.1. The van der Waals surface area contributed by atoms with Crippen molar-refractivity contribution in [3.05, 3.63) is 135 Å². The lowest BCUT2D eigenvalue weighted by Crippen LogP contribution is -2.25. The van der Waals surface area contributed by atoms with Crippen molar-refractivity contribution in [2.75, 3.05) is 26.9 Å². The number of hydrogen-bond donors (Lipinski definition) is 9. The van der Waals surface area contributed by atoms with Crippen molar-refractivity contribution in [1.82, 2.24) is 16.0 Å². The van der Waals surface area contributed by atoms with E-state index in [-0.39, 0.29) is 42.1 Å². The Morgan fingerprint density at radius 2 is 0.981 bits per heavy atom. The van der Waals surface area contributed by atoms with Gasteiger partial charge in [0, 0.05) is 50.6 Å². The van der Waals surface area contributed by atoms with Crippen LogP contribution < -0.4 is 27.4 Å². The van der Waals surface area contributed by atoms with Crippen molar-refractivity contribution < 1.29 is 25.3 Å². The van der Waals surface area contributed by atoms with Gasteiger partial charge in [-0.15, -0.1) is 0 Å². The molecule has 4 aliphatic rings. The van der Waals surface area contributed by atoms with Crippen molar-refractivity contribution in [2.45, 2.75) is 74.3 Å². The summed E-state index contributed by atoms with van der Waals surface area (Å²) in [6.45, 7) is 0. The minimum absolute atomic E-state index is 0.0403. The van der Waals surface area contributed by atoms with Gasteiger partial charge in [-0.3, -0.25) is 10.1 Å². The van der Waals surface area contributed by atoms with Crippen molar-refractivity contribution in [1.29, 1.82) is 0 Å². The molecular formula is C39H48I2N6O6. The average Bonchev–Trinajstić information content (AvgIpc) is 3.82. The molecule has 12 nitrogen and oxygen atoms in total. The molecule has 11 N–H and O–H groups in total. The molecule has 0 unspecified atom stereocenters. The summed E-state index contributed by atoms with van der Waals surface area (Å²) in [6.07, 6.45) is 1.29. The van der Waals surface area contributed by atoms with Crippen LogP contribution in [0.4, 0.5) is 11.4 Å². The average molecular weight is 951 g/mol. The Morgan fingerprint density at radius 1 is 0.604 bits per heavy atom. The predicted molar refractivity (Wildman–Crippen MR) is 223 cm³/mol. The van der Waals surface area contributed by atoms with Gasteiger partial charge in [-0.25, -0.2) is 0 Å². The standard InChI is InChI=1S/C10H12INO.C10H12N2O3.C10H14N2O.C9H10INO/c1-12-10-8-5-7(11)3-2-6(8)4-9(10)13;1-11-10-8-5-7(12(14)15)3-2-6(8)4-9(10)13;1-12-10-8-5-7(11)3-2-6(8)4-9(10)13;10-6-2-1-5-3-8(12)9(11)7(5)4-6/h2-3,5,9-10,12-13H,4H2,1H3;2-3,5,9-11,13H,4H2,1H3;2-3,5,9-10,12-13H,4,11H2,1H3;1-2,4,8-9,12H,3,11H2/t3*9-,10-;8-,9-/m0000/s1. The zero-order chi connectivity index (χ0) is 38.6. The summed E-state index contributed by atoms with van der Waals surface area (Å²) in [5.41, 5.74) is 21.3. The Labute approximate surface area is 337 Å². The zero-order valence-corrected chi connectivity index (χ0v) is 34.2. The number of nitrogens with zero attached hydrogens (tertiary/aromatic N) is 1. The van der Waals surface area contributed by atoms with Crippen molar-refractivity contribution in [2.24, 2.45) is 5.73 Å². The summed E-state index contributed by atoms with van der Waals surface area (Å²) < 4.78 is 2.40. The minimum Gasteiger partial charge on any atom is -0.399 e. The minimum atomic E-state index is -0.494. The molecule has 4 aliphatic carbocycles. The van der Waals surface area contributed by atoms with E-state index in [0.717, 1.165) is 40.8 Å². The molecule has 0 saturated carbocycles. The summed E-state index contributed by atoms with van der Waals surface area (Å²) >= 11 is 4.55. The lowest BCUT2D eigenvalue weighted by molar-refractivity contribution is -0.384. The van der Waals surface area contributed by atoms with Gasteiger partial charge in [0.2, 0.25) is 0 Å². The van der Waals surface area contributed by atoms with Crippen molar-refractivity contribution in [3.8, 4) is 0 Å². The van der Waals surface area contributed by atoms with Crippen LogP contribution in [0.15, 0.2) is 72.8 Å². The number of non-ortho nitro benzene ring substituents is 1. The summed E-state index contributed by atoms with van der Waals surface area (Å²) in [5, 5.41) is 58.4. The second-order valence-corrected chi connectivity index (χ2v) is 16.2. The molecule has 4 aromatic rings. The van der Waals surface area contributed by atoms with Gasteiger partial charge in [0.25, 0.3) is 5.69 Å². The molecule has 0 aromatic heterocycles. The molecule has 0 spiro atoms. The first-order valence-corrected chi connectivity index (χ1v) is 19.6. The van der Waals surface area contributed by atoms with E-state index in [9.17, 15) is 30.5 Å². The number of aliphatic hydroxyl groups excluding tert-OH is 4. The zero-order valence-electron chi connectivity index (χ0n) is 29.8. The number of benzene rings is 4. The maximum atomic E-state index is 10.6. The van der Waals surface area contributed by atoms with Crippen LogP contribution in [-0.2, 0) is 25.7 Å². The second-order valence-electron chi connectivity index (χ2n) is 13.7. The van der Waals surface area contributed by atoms with Crippen LogP contribution in [-0.4, -0.2) is 70.9 Å². The number of hydrogen-bond acceptors (Lipinski definition) is 11. The summed E-state index contributed by atoms with van der Waals surface area (Å²) in [5.74, 6) is 0. The topological polar surface area (TPSA) is 212 Å². The van der Waals surface area contributed by atoms with Gasteiger partial charge >= 0.3 is 0 Å². The van der Waals surface area contributed by atoms with Crippen LogP contribution in [0, 0.1) is 17.3 Å². The maximum absolute atomic E-state index is 10.6. The van der Waals surface area contributed by atoms with Gasteiger partial charge < -0.3 is 47.8 Å². The number of nitrogens with one attached hydrogen (secondary N) is 3. The van der Waals surface area contributed by atoms with Gasteiger partial charge in [-0.05, 0) is 147 Å². The normalized spacial score (nSPS) is 25.7. The number of nitro groups is 1. The van der Waals surface area contributed by atoms with Crippen LogP contribution in [0.2, 0.25) is 0 Å². The number of rotatable bonds is 4. The van der Waals surface area contributed by atoms with Gasteiger partial charge in [-0.2, -0.15) is 0 Å². The third kappa shape index (κ3) is 9.55. The molecule has 0 heterocycles. The first kappa shape index (κ1) is 41.4. The number of nitrogen functional groups attached to an aromatic ring is 1. The lowest BCUT2D eigenvalue weighted by Gasteiger charge is -2.14. The molecule has 8 rings (SSSR count). The fourth-order valence-electron chi connectivity index (χ4n) is 7.62. The number of fused-ring (bicyclic) bond motifs is 4. The highest BCUT2D eigenvalue weighted by Crippen LogP contribution is 2.35. The van der Waals surface area contributed by atoms with E-state index in [1.54, 1.807) is 13.1 Å². The van der Waals surface area contributed by atoms with Crippen molar-refractivity contribution >= 4 is 56.6 Å². The predicted octanol–water partition coefficient (Wildman–Crippen LogP) is 3.90. The van der Waals surface area contributed by atoms with Crippen LogP contribution in [0.5, 0.6) is 0 Å². The lowest BCUT2D eigenvalue weighted by atomic mass is 10.1. The Bertz CT molecular complexity index is 1850. The fourth-order valence-corrected chi connectivity index (χ4v) is 8.65. The van der Waals surface area contributed by atoms with Gasteiger partial charge in [0.15, 0.2) is 0 Å². The van der Waals surface area contributed by atoms with Crippen LogP contribution in [0.25, 0.3) is 0 Å². The van der Waals surface area contributed by atoms with Crippen LogP contribution >= 0.6 is 45.2 Å². The Morgan fingerprint density at radius 3 is 1.45 bits per heavy atom.